The van der Waals surface area contributed by atoms with Crippen LogP contribution in [0.4, 0.5) is 4.39 Å². The first kappa shape index (κ1) is 17.9. The Kier molecular flexibility index (Phi) is 6.62. The molecule has 3 nitrogen and oxygen atoms in total. The summed E-state index contributed by atoms with van der Waals surface area (Å²) >= 11 is 0. The quantitative estimate of drug-likeness (QED) is 0.877. The summed E-state index contributed by atoms with van der Waals surface area (Å²) in [5, 5.41) is 3.10. The van der Waals surface area contributed by atoms with Gasteiger partial charge >= 0.3 is 0 Å². The molecule has 1 atom stereocenters. The van der Waals surface area contributed by atoms with Gasteiger partial charge in [-0.15, -0.1) is 12.4 Å². The number of halogens is 2. The first-order valence-corrected chi connectivity index (χ1v) is 7.31. The Bertz CT molecular complexity index is 475. The van der Waals surface area contributed by atoms with Crippen molar-refractivity contribution in [2.24, 2.45) is 5.73 Å². The van der Waals surface area contributed by atoms with Gasteiger partial charge in [-0.3, -0.25) is 4.79 Å². The van der Waals surface area contributed by atoms with E-state index in [2.05, 4.69) is 5.32 Å². The van der Waals surface area contributed by atoms with Crippen molar-refractivity contribution in [2.45, 2.75) is 50.5 Å². The SMILES string of the molecule is CC(CC(=O)NC1(CN)CCCC1)c1cccc(F)c1.Cl. The molecule has 1 aromatic rings. The maximum absolute atomic E-state index is 13.2. The third-order valence-corrected chi connectivity index (χ3v) is 4.27. The topological polar surface area (TPSA) is 55.1 Å². The molecule has 1 aromatic carbocycles. The highest BCUT2D eigenvalue weighted by Gasteiger charge is 2.33. The van der Waals surface area contributed by atoms with Gasteiger partial charge in [0.2, 0.25) is 5.91 Å². The Morgan fingerprint density at radius 1 is 1.43 bits per heavy atom. The van der Waals surface area contributed by atoms with Crippen LogP contribution in [0, 0.1) is 5.82 Å². The molecule has 0 spiro atoms. The number of nitrogens with two attached hydrogens (primary N) is 1. The molecule has 1 saturated carbocycles. The normalized spacial score (nSPS) is 17.9. The van der Waals surface area contributed by atoms with Gasteiger partial charge in [0, 0.05) is 13.0 Å². The largest absolute Gasteiger partial charge is 0.349 e. The summed E-state index contributed by atoms with van der Waals surface area (Å²) in [6.07, 6.45) is 4.53. The second-order valence-electron chi connectivity index (χ2n) is 5.90. The van der Waals surface area contributed by atoms with Crippen molar-refractivity contribution in [1.82, 2.24) is 5.32 Å². The predicted molar refractivity (Wildman–Crippen MR) is 85.1 cm³/mol. The number of carbonyl (C=O) groups excluding carboxylic acids is 1. The molecular weight excluding hydrogens is 291 g/mol. The number of nitrogens with one attached hydrogen (secondary N) is 1. The van der Waals surface area contributed by atoms with Gasteiger partial charge in [0.25, 0.3) is 0 Å². The van der Waals surface area contributed by atoms with Crippen LogP contribution < -0.4 is 11.1 Å². The van der Waals surface area contributed by atoms with Gasteiger partial charge in [-0.25, -0.2) is 4.39 Å². The van der Waals surface area contributed by atoms with Crippen LogP contribution in [-0.4, -0.2) is 18.0 Å². The number of benzene rings is 1. The van der Waals surface area contributed by atoms with E-state index in [1.165, 1.54) is 12.1 Å². The fourth-order valence-corrected chi connectivity index (χ4v) is 2.99. The van der Waals surface area contributed by atoms with E-state index in [0.29, 0.717) is 13.0 Å². The second kappa shape index (κ2) is 7.76. The molecule has 1 aliphatic carbocycles. The number of amides is 1. The van der Waals surface area contributed by atoms with Crippen LogP contribution in [-0.2, 0) is 4.79 Å². The minimum Gasteiger partial charge on any atom is -0.349 e. The summed E-state index contributed by atoms with van der Waals surface area (Å²) in [4.78, 5) is 12.2. The van der Waals surface area contributed by atoms with Crippen LogP contribution in [0.3, 0.4) is 0 Å². The first-order chi connectivity index (χ1) is 9.54. The van der Waals surface area contributed by atoms with Gasteiger partial charge < -0.3 is 11.1 Å². The Labute approximate surface area is 131 Å². The third kappa shape index (κ3) is 4.68. The maximum Gasteiger partial charge on any atom is 0.221 e. The molecule has 0 radical (unpaired) electrons. The van der Waals surface area contributed by atoms with Crippen LogP contribution in [0.15, 0.2) is 24.3 Å². The average molecular weight is 315 g/mol. The highest BCUT2D eigenvalue weighted by molar-refractivity contribution is 5.85. The summed E-state index contributed by atoms with van der Waals surface area (Å²) < 4.78 is 13.2. The highest BCUT2D eigenvalue weighted by atomic mass is 35.5. The number of hydrogen-bond donors (Lipinski definition) is 2. The second-order valence-corrected chi connectivity index (χ2v) is 5.90. The average Bonchev–Trinajstić information content (AvgIpc) is 2.87. The van der Waals surface area contributed by atoms with Crippen molar-refractivity contribution >= 4 is 18.3 Å². The first-order valence-electron chi connectivity index (χ1n) is 7.31. The number of carbonyl (C=O) groups is 1. The van der Waals surface area contributed by atoms with Crippen LogP contribution >= 0.6 is 12.4 Å². The van der Waals surface area contributed by atoms with E-state index >= 15 is 0 Å². The van der Waals surface area contributed by atoms with Crippen LogP contribution in [0.25, 0.3) is 0 Å². The van der Waals surface area contributed by atoms with Crippen molar-refractivity contribution in [3.63, 3.8) is 0 Å². The molecule has 1 fully saturated rings. The maximum atomic E-state index is 13.2. The van der Waals surface area contributed by atoms with E-state index in [4.69, 9.17) is 5.73 Å². The molecule has 5 heteroatoms. The molecule has 3 N–H and O–H groups in total. The van der Waals surface area contributed by atoms with E-state index in [1.807, 2.05) is 13.0 Å². The van der Waals surface area contributed by atoms with Crippen LogP contribution in [0.2, 0.25) is 0 Å². The van der Waals surface area contributed by atoms with Crippen molar-refractivity contribution in [3.05, 3.63) is 35.6 Å². The zero-order valence-electron chi connectivity index (χ0n) is 12.4. The summed E-state index contributed by atoms with van der Waals surface area (Å²) in [6.45, 7) is 2.44. The van der Waals surface area contributed by atoms with Crippen molar-refractivity contribution in [2.75, 3.05) is 6.54 Å². The molecule has 21 heavy (non-hydrogen) atoms. The monoisotopic (exact) mass is 314 g/mol. The Balaban J connectivity index is 0.00000220. The molecular formula is C16H24ClFN2O. The Morgan fingerprint density at radius 2 is 2.10 bits per heavy atom. The van der Waals surface area contributed by atoms with Crippen LogP contribution in [0.1, 0.15) is 50.5 Å². The molecule has 2 rings (SSSR count). The van der Waals surface area contributed by atoms with E-state index in [-0.39, 0.29) is 35.6 Å². The zero-order valence-corrected chi connectivity index (χ0v) is 13.2. The lowest BCUT2D eigenvalue weighted by Crippen LogP contribution is -2.51. The molecule has 118 valence electrons. The van der Waals surface area contributed by atoms with E-state index in [9.17, 15) is 9.18 Å². The zero-order chi connectivity index (χ0) is 14.6. The Morgan fingerprint density at radius 3 is 2.67 bits per heavy atom. The summed E-state index contributed by atoms with van der Waals surface area (Å²) in [5.41, 5.74) is 6.46. The van der Waals surface area contributed by atoms with Crippen molar-refractivity contribution in [1.29, 1.82) is 0 Å². The molecule has 0 aliphatic heterocycles. The fourth-order valence-electron chi connectivity index (χ4n) is 2.99. The third-order valence-electron chi connectivity index (χ3n) is 4.27. The van der Waals surface area contributed by atoms with E-state index in [1.54, 1.807) is 6.07 Å². The summed E-state index contributed by atoms with van der Waals surface area (Å²) in [6, 6.07) is 6.44. The minimum atomic E-state index is -0.260. The molecule has 0 heterocycles. The van der Waals surface area contributed by atoms with Gasteiger partial charge in [-0.2, -0.15) is 0 Å². The summed E-state index contributed by atoms with van der Waals surface area (Å²) in [7, 11) is 0. The summed E-state index contributed by atoms with van der Waals surface area (Å²) in [5.74, 6) is -0.250. The standard InChI is InChI=1S/C16H23FN2O.ClH/c1-12(13-5-4-6-14(17)10-13)9-15(20)19-16(11-18)7-2-3-8-16;/h4-6,10,12H,2-3,7-9,11,18H2,1H3,(H,19,20);1H. The Hall–Kier alpha value is -1.13. The minimum absolute atomic E-state index is 0. The predicted octanol–water partition coefficient (Wildman–Crippen LogP) is 3.13. The fraction of sp³-hybridized carbons (Fsp3) is 0.562. The smallest absolute Gasteiger partial charge is 0.221 e. The molecule has 0 aromatic heterocycles. The number of rotatable bonds is 5. The van der Waals surface area contributed by atoms with Crippen molar-refractivity contribution < 1.29 is 9.18 Å². The lowest BCUT2D eigenvalue weighted by Gasteiger charge is -2.29. The molecule has 1 amide bonds. The van der Waals surface area contributed by atoms with E-state index in [0.717, 1.165) is 31.2 Å². The lowest BCUT2D eigenvalue weighted by molar-refractivity contribution is -0.123. The number of hydrogen-bond acceptors (Lipinski definition) is 2. The molecule has 1 unspecified atom stereocenters. The highest BCUT2D eigenvalue weighted by Crippen LogP contribution is 2.29. The van der Waals surface area contributed by atoms with Crippen LogP contribution in [0.5, 0.6) is 0 Å². The van der Waals surface area contributed by atoms with Gasteiger partial charge in [0.15, 0.2) is 0 Å². The molecule has 1 aliphatic rings. The van der Waals surface area contributed by atoms with Gasteiger partial charge in [0.05, 0.1) is 5.54 Å². The molecule has 0 bridgehead atoms. The van der Waals surface area contributed by atoms with Gasteiger partial charge in [-0.05, 0) is 36.5 Å². The van der Waals surface area contributed by atoms with E-state index < -0.39 is 0 Å². The molecule has 0 saturated heterocycles. The van der Waals surface area contributed by atoms with Gasteiger partial charge in [-0.1, -0.05) is 31.9 Å². The van der Waals surface area contributed by atoms with Crippen molar-refractivity contribution in [3.8, 4) is 0 Å². The lowest BCUT2D eigenvalue weighted by atomic mass is 9.94. The van der Waals surface area contributed by atoms with Gasteiger partial charge in [0.1, 0.15) is 5.82 Å².